The van der Waals surface area contributed by atoms with Crippen molar-refractivity contribution in [3.8, 4) is 11.1 Å². The van der Waals surface area contributed by atoms with E-state index in [1.54, 1.807) is 20.8 Å². The fourth-order valence-electron chi connectivity index (χ4n) is 3.79. The summed E-state index contributed by atoms with van der Waals surface area (Å²) in [6, 6.07) is 5.89. The smallest absolute Gasteiger partial charge is 0.417 e. The zero-order valence-corrected chi connectivity index (χ0v) is 21.4. The summed E-state index contributed by atoms with van der Waals surface area (Å²) < 4.78 is 74.2. The van der Waals surface area contributed by atoms with E-state index >= 15 is 0 Å². The van der Waals surface area contributed by atoms with Gasteiger partial charge in [-0.1, -0.05) is 23.7 Å². The molecule has 0 aliphatic carbocycles. The number of hydrogen-bond donors (Lipinski definition) is 0. The molecule has 12 heteroatoms. The molecule has 0 bridgehead atoms. The first-order chi connectivity index (χ1) is 16.1. The molecule has 2 aromatic carbocycles. The lowest BCUT2D eigenvalue weighted by Crippen LogP contribution is -2.43. The Morgan fingerprint density at radius 2 is 1.83 bits per heavy atom. The first kappa shape index (κ1) is 27.3. The van der Waals surface area contributed by atoms with Crippen molar-refractivity contribution in [1.82, 2.24) is 4.31 Å². The van der Waals surface area contributed by atoms with Crippen molar-refractivity contribution in [3.05, 3.63) is 47.0 Å². The minimum Gasteiger partial charge on any atom is -0.459 e. The van der Waals surface area contributed by atoms with Gasteiger partial charge >= 0.3 is 12.1 Å². The van der Waals surface area contributed by atoms with Crippen LogP contribution in [0.25, 0.3) is 11.1 Å². The predicted molar refractivity (Wildman–Crippen MR) is 129 cm³/mol. The van der Waals surface area contributed by atoms with Crippen molar-refractivity contribution >= 4 is 50.7 Å². The molecule has 0 amide bonds. The van der Waals surface area contributed by atoms with E-state index in [0.29, 0.717) is 12.8 Å². The number of nitrogens with zero attached hydrogens (tertiary/aromatic N) is 2. The highest BCUT2D eigenvalue weighted by molar-refractivity contribution is 7.89. The van der Waals surface area contributed by atoms with Gasteiger partial charge in [-0.05, 0) is 75.7 Å². The average Bonchev–Trinajstić information content (AvgIpc) is 3.23. The van der Waals surface area contributed by atoms with Crippen LogP contribution in [0.1, 0.15) is 39.2 Å². The van der Waals surface area contributed by atoms with Crippen molar-refractivity contribution in [3.63, 3.8) is 0 Å². The molecule has 0 saturated carbocycles. The molecule has 0 unspecified atom stereocenters. The Morgan fingerprint density at radius 3 is 2.37 bits per heavy atom. The molecule has 1 atom stereocenters. The minimum atomic E-state index is -4.76. The van der Waals surface area contributed by atoms with Crippen LogP contribution in [0.3, 0.4) is 0 Å². The first-order valence-corrected chi connectivity index (χ1v) is 12.7. The van der Waals surface area contributed by atoms with E-state index in [0.717, 1.165) is 10.4 Å². The summed E-state index contributed by atoms with van der Waals surface area (Å²) in [4.78, 5) is 16.0. The summed E-state index contributed by atoms with van der Waals surface area (Å²) in [7, 11) is -4.11. The lowest BCUT2D eigenvalue weighted by Gasteiger charge is -2.27. The highest BCUT2D eigenvalue weighted by Crippen LogP contribution is 2.43. The zero-order chi connectivity index (χ0) is 26.2. The summed E-state index contributed by atoms with van der Waals surface area (Å²) in [6.07, 6.45) is -3.97. The Balaban J connectivity index is 1.99. The van der Waals surface area contributed by atoms with Crippen molar-refractivity contribution in [2.45, 2.75) is 56.3 Å². The van der Waals surface area contributed by atoms with Crippen LogP contribution in [0.5, 0.6) is 0 Å². The third-order valence-corrected chi connectivity index (χ3v) is 7.50. The molecular formula is C23H22ClF3N2O4S2. The molecule has 0 spiro atoms. The first-order valence-electron chi connectivity index (χ1n) is 10.5. The monoisotopic (exact) mass is 546 g/mol. The van der Waals surface area contributed by atoms with Gasteiger partial charge in [0.05, 0.1) is 26.3 Å². The molecule has 0 aromatic heterocycles. The van der Waals surface area contributed by atoms with Crippen LogP contribution in [-0.2, 0) is 25.7 Å². The fourth-order valence-corrected chi connectivity index (χ4v) is 5.86. The number of ether oxygens (including phenoxy) is 1. The Hall–Kier alpha value is -2.30. The maximum absolute atomic E-state index is 13.8. The number of esters is 1. The maximum atomic E-state index is 13.8. The Bertz CT molecular complexity index is 1280. The van der Waals surface area contributed by atoms with Crippen molar-refractivity contribution in [2.75, 3.05) is 6.54 Å². The third-order valence-electron chi connectivity index (χ3n) is 5.19. The molecule has 35 heavy (non-hydrogen) atoms. The highest BCUT2D eigenvalue weighted by atomic mass is 35.5. The molecule has 0 radical (unpaired) electrons. The molecule has 1 heterocycles. The molecule has 2 aromatic rings. The van der Waals surface area contributed by atoms with Crippen molar-refractivity contribution in [2.24, 2.45) is 4.99 Å². The fraction of sp³-hybridized carbons (Fsp3) is 0.391. The standard InChI is InChI=1S/C23H22ClF3N2O4S2/c1-22(2,3)33-21(30)19-5-4-10-29(19)35(31,32)16-8-6-14(7-9-16)20-17(23(25,26)27)11-15(28-13-34)12-18(20)24/h6-9,11-12,19H,4-5,10H2,1-3H3/t19-/m0/s1. The molecular weight excluding hydrogens is 525 g/mol. The molecule has 3 rings (SSSR count). The van der Waals surface area contributed by atoms with Crippen LogP contribution >= 0.6 is 23.8 Å². The van der Waals surface area contributed by atoms with E-state index in [1.807, 2.05) is 5.16 Å². The predicted octanol–water partition coefficient (Wildman–Crippen LogP) is 6.25. The van der Waals surface area contributed by atoms with Crippen LogP contribution in [0.15, 0.2) is 46.3 Å². The summed E-state index contributed by atoms with van der Waals surface area (Å²) in [5.74, 6) is -0.643. The summed E-state index contributed by atoms with van der Waals surface area (Å²) >= 11 is 10.6. The number of carbonyl (C=O) groups is 1. The van der Waals surface area contributed by atoms with Gasteiger partial charge in [0.2, 0.25) is 10.0 Å². The molecule has 1 aliphatic heterocycles. The van der Waals surface area contributed by atoms with Crippen molar-refractivity contribution in [1.29, 1.82) is 0 Å². The number of sulfonamides is 1. The van der Waals surface area contributed by atoms with Gasteiger partial charge in [-0.25, -0.2) is 8.42 Å². The molecule has 1 fully saturated rings. The normalized spacial score (nSPS) is 17.2. The summed E-state index contributed by atoms with van der Waals surface area (Å²) in [5.41, 5.74) is -2.20. The number of rotatable bonds is 5. The van der Waals surface area contributed by atoms with E-state index < -0.39 is 39.4 Å². The molecule has 188 valence electrons. The van der Waals surface area contributed by atoms with Gasteiger partial charge in [0.15, 0.2) is 0 Å². The van der Waals surface area contributed by atoms with Gasteiger partial charge in [0.25, 0.3) is 0 Å². The van der Waals surface area contributed by atoms with E-state index in [2.05, 4.69) is 17.2 Å². The second kappa shape index (κ2) is 9.99. The van der Waals surface area contributed by atoms with Gasteiger partial charge in [-0.15, -0.1) is 0 Å². The number of isothiocyanates is 1. The third kappa shape index (κ3) is 6.10. The lowest BCUT2D eigenvalue weighted by molar-refractivity contribution is -0.158. The molecule has 6 nitrogen and oxygen atoms in total. The van der Waals surface area contributed by atoms with Crippen LogP contribution in [0.2, 0.25) is 5.02 Å². The number of aliphatic imine (C=N–C) groups is 1. The number of halogens is 4. The Labute approximate surface area is 211 Å². The van der Waals surface area contributed by atoms with Gasteiger partial charge in [0.1, 0.15) is 11.6 Å². The SMILES string of the molecule is CC(C)(C)OC(=O)[C@@H]1CCCN1S(=O)(=O)c1ccc(-c2c(Cl)cc(N=C=S)cc2C(F)(F)F)cc1. The Kier molecular flexibility index (Phi) is 7.79. The van der Waals surface area contributed by atoms with E-state index in [4.69, 9.17) is 16.3 Å². The summed E-state index contributed by atoms with van der Waals surface area (Å²) in [6.45, 7) is 5.18. The van der Waals surface area contributed by atoms with Gasteiger partial charge in [0, 0.05) is 12.1 Å². The highest BCUT2D eigenvalue weighted by Gasteiger charge is 2.41. The number of hydrogen-bond acceptors (Lipinski definition) is 6. The second-order valence-corrected chi connectivity index (χ2v) is 11.4. The van der Waals surface area contributed by atoms with Crippen molar-refractivity contribution < 1.29 is 31.1 Å². The molecule has 1 aliphatic rings. The Morgan fingerprint density at radius 1 is 1.20 bits per heavy atom. The van der Waals surface area contributed by atoms with Crippen LogP contribution in [-0.4, -0.2) is 42.0 Å². The molecule has 0 N–H and O–H groups in total. The second-order valence-electron chi connectivity index (χ2n) is 8.88. The number of benzene rings is 2. The van der Waals surface area contributed by atoms with E-state index in [9.17, 15) is 26.4 Å². The van der Waals surface area contributed by atoms with Gasteiger partial charge < -0.3 is 4.74 Å². The van der Waals surface area contributed by atoms with Crippen LogP contribution < -0.4 is 0 Å². The number of alkyl halides is 3. The maximum Gasteiger partial charge on any atom is 0.417 e. The number of thiocarbonyl (C=S) groups is 1. The average molecular weight is 547 g/mol. The molecule has 1 saturated heterocycles. The topological polar surface area (TPSA) is 76.0 Å². The van der Waals surface area contributed by atoms with Crippen LogP contribution in [0, 0.1) is 0 Å². The largest absolute Gasteiger partial charge is 0.459 e. The van der Waals surface area contributed by atoms with Crippen LogP contribution in [0.4, 0.5) is 18.9 Å². The zero-order valence-electron chi connectivity index (χ0n) is 19.0. The van der Waals surface area contributed by atoms with E-state index in [-0.39, 0.29) is 33.3 Å². The lowest BCUT2D eigenvalue weighted by atomic mass is 9.98. The van der Waals surface area contributed by atoms with Gasteiger partial charge in [-0.2, -0.15) is 22.5 Å². The number of carbonyl (C=O) groups excluding carboxylic acids is 1. The quantitative estimate of drug-likeness (QED) is 0.251. The van der Waals surface area contributed by atoms with Gasteiger partial charge in [-0.3, -0.25) is 4.79 Å². The summed E-state index contributed by atoms with van der Waals surface area (Å²) in [5, 5.41) is 1.77. The minimum absolute atomic E-state index is 0.0595. The van der Waals surface area contributed by atoms with E-state index in [1.165, 1.54) is 30.3 Å².